The predicted molar refractivity (Wildman–Crippen MR) is 66.6 cm³/mol. The summed E-state index contributed by atoms with van der Waals surface area (Å²) in [5.41, 5.74) is 4.21. The van der Waals surface area contributed by atoms with Gasteiger partial charge in [-0.1, -0.05) is 23.8 Å². The van der Waals surface area contributed by atoms with E-state index in [1.165, 1.54) is 16.7 Å². The van der Waals surface area contributed by atoms with Crippen molar-refractivity contribution in [1.29, 1.82) is 0 Å². The molecule has 0 bridgehead atoms. The smallest absolute Gasteiger partial charge is 0.0550 e. The van der Waals surface area contributed by atoms with Gasteiger partial charge in [-0.25, -0.2) is 0 Å². The summed E-state index contributed by atoms with van der Waals surface area (Å²) < 4.78 is 0. The summed E-state index contributed by atoms with van der Waals surface area (Å²) in [5, 5.41) is 9.58. The fraction of sp³-hybridized carbons (Fsp3) is 0.538. The predicted octanol–water partition coefficient (Wildman–Crippen LogP) is 2.88. The Bertz CT molecular complexity index is 348. The maximum atomic E-state index is 9.12. The first-order valence-corrected chi connectivity index (χ1v) is 6.55. The summed E-state index contributed by atoms with van der Waals surface area (Å²) in [5.74, 6) is 1.81. The van der Waals surface area contributed by atoms with Crippen LogP contribution in [0.1, 0.15) is 29.0 Å². The van der Waals surface area contributed by atoms with Gasteiger partial charge < -0.3 is 5.11 Å². The molecule has 1 aliphatic rings. The average Bonchev–Trinajstić information content (AvgIpc) is 2.66. The highest BCUT2D eigenvalue weighted by Crippen LogP contribution is 2.38. The van der Waals surface area contributed by atoms with Gasteiger partial charge in [0.05, 0.1) is 6.61 Å². The van der Waals surface area contributed by atoms with Crippen LogP contribution in [0.15, 0.2) is 18.2 Å². The molecule has 15 heavy (non-hydrogen) atoms. The number of hydrogen-bond donors (Lipinski definition) is 1. The van der Waals surface area contributed by atoms with Crippen LogP contribution in [0.3, 0.4) is 0 Å². The SMILES string of the molecule is Cc1ccc(C2CSC(CO)C2)c(C)c1. The Hall–Kier alpha value is -0.470. The minimum atomic E-state index is 0.325. The first kappa shape index (κ1) is 11.0. The third-order valence-electron chi connectivity index (χ3n) is 3.15. The van der Waals surface area contributed by atoms with Crippen molar-refractivity contribution in [3.63, 3.8) is 0 Å². The Labute approximate surface area is 95.9 Å². The molecule has 1 aliphatic heterocycles. The van der Waals surface area contributed by atoms with E-state index in [9.17, 15) is 0 Å². The van der Waals surface area contributed by atoms with Crippen LogP contribution in [0.4, 0.5) is 0 Å². The number of aliphatic hydroxyl groups is 1. The molecule has 0 aliphatic carbocycles. The summed E-state index contributed by atoms with van der Waals surface area (Å²) in [7, 11) is 0. The zero-order valence-electron chi connectivity index (χ0n) is 9.36. The Balaban J connectivity index is 2.17. The van der Waals surface area contributed by atoms with Crippen LogP contribution < -0.4 is 0 Å². The standard InChI is InChI=1S/C13H18OS/c1-9-3-4-13(10(2)5-9)11-6-12(7-14)15-8-11/h3-5,11-12,14H,6-8H2,1-2H3. The molecule has 1 saturated heterocycles. The molecule has 0 radical (unpaired) electrons. The lowest BCUT2D eigenvalue weighted by molar-refractivity contribution is 0.290. The van der Waals surface area contributed by atoms with Gasteiger partial charge in [0.2, 0.25) is 0 Å². The van der Waals surface area contributed by atoms with Crippen LogP contribution in [-0.2, 0) is 0 Å². The fourth-order valence-electron chi connectivity index (χ4n) is 2.33. The maximum Gasteiger partial charge on any atom is 0.0550 e. The monoisotopic (exact) mass is 222 g/mol. The van der Waals surface area contributed by atoms with Gasteiger partial charge >= 0.3 is 0 Å². The third kappa shape index (κ3) is 2.37. The third-order valence-corrected chi connectivity index (χ3v) is 4.56. The second-order valence-corrected chi connectivity index (χ2v) is 5.76. The zero-order chi connectivity index (χ0) is 10.8. The van der Waals surface area contributed by atoms with Crippen molar-refractivity contribution in [3.8, 4) is 0 Å². The maximum absolute atomic E-state index is 9.12. The number of aryl methyl sites for hydroxylation is 2. The van der Waals surface area contributed by atoms with E-state index in [4.69, 9.17) is 5.11 Å². The highest BCUT2D eigenvalue weighted by molar-refractivity contribution is 8.00. The van der Waals surface area contributed by atoms with Gasteiger partial charge in [0.1, 0.15) is 0 Å². The lowest BCUT2D eigenvalue weighted by atomic mass is 9.92. The molecule has 0 saturated carbocycles. The molecule has 0 aromatic heterocycles. The van der Waals surface area contributed by atoms with Crippen LogP contribution in [0, 0.1) is 13.8 Å². The summed E-state index contributed by atoms with van der Waals surface area (Å²) in [6.07, 6.45) is 1.13. The Morgan fingerprint density at radius 2 is 2.20 bits per heavy atom. The Kier molecular flexibility index (Phi) is 3.37. The van der Waals surface area contributed by atoms with E-state index in [0.29, 0.717) is 17.8 Å². The second-order valence-electron chi connectivity index (χ2n) is 4.43. The molecule has 2 heteroatoms. The number of aliphatic hydroxyl groups excluding tert-OH is 1. The summed E-state index contributed by atoms with van der Waals surface area (Å²) in [6, 6.07) is 6.71. The molecule has 1 heterocycles. The van der Waals surface area contributed by atoms with E-state index in [-0.39, 0.29) is 0 Å². The Morgan fingerprint density at radius 3 is 2.80 bits per heavy atom. The van der Waals surface area contributed by atoms with Gasteiger partial charge in [-0.15, -0.1) is 0 Å². The zero-order valence-corrected chi connectivity index (χ0v) is 10.2. The van der Waals surface area contributed by atoms with E-state index >= 15 is 0 Å². The molecule has 0 amide bonds. The van der Waals surface area contributed by atoms with E-state index < -0.39 is 0 Å². The largest absolute Gasteiger partial charge is 0.395 e. The summed E-state index contributed by atoms with van der Waals surface area (Å²) in [6.45, 7) is 4.65. The molecule has 2 rings (SSSR count). The number of rotatable bonds is 2. The minimum Gasteiger partial charge on any atom is -0.395 e. The van der Waals surface area contributed by atoms with Crippen molar-refractivity contribution in [2.45, 2.75) is 31.4 Å². The summed E-state index contributed by atoms with van der Waals surface area (Å²) >= 11 is 1.91. The van der Waals surface area contributed by atoms with Crippen molar-refractivity contribution < 1.29 is 5.11 Å². The van der Waals surface area contributed by atoms with Gasteiger partial charge in [-0.2, -0.15) is 11.8 Å². The van der Waals surface area contributed by atoms with Gasteiger partial charge in [-0.05, 0) is 37.3 Å². The molecule has 2 atom stereocenters. The number of thioether (sulfide) groups is 1. The molecule has 1 aromatic rings. The van der Waals surface area contributed by atoms with Crippen molar-refractivity contribution in [3.05, 3.63) is 34.9 Å². The lowest BCUT2D eigenvalue weighted by Crippen LogP contribution is -2.05. The van der Waals surface area contributed by atoms with Crippen molar-refractivity contribution in [2.75, 3.05) is 12.4 Å². The first-order valence-electron chi connectivity index (χ1n) is 5.50. The van der Waals surface area contributed by atoms with Crippen molar-refractivity contribution >= 4 is 11.8 Å². The number of hydrogen-bond acceptors (Lipinski definition) is 2. The van der Waals surface area contributed by atoms with Crippen LogP contribution in [-0.4, -0.2) is 22.7 Å². The highest BCUT2D eigenvalue weighted by Gasteiger charge is 2.26. The molecular formula is C13H18OS. The highest BCUT2D eigenvalue weighted by atomic mass is 32.2. The van der Waals surface area contributed by atoms with E-state index in [2.05, 4.69) is 32.0 Å². The number of benzene rings is 1. The van der Waals surface area contributed by atoms with E-state index in [1.807, 2.05) is 11.8 Å². The Morgan fingerprint density at radius 1 is 1.40 bits per heavy atom. The molecule has 1 N–H and O–H groups in total. The normalized spacial score (nSPS) is 25.8. The lowest BCUT2D eigenvalue weighted by Gasteiger charge is -2.13. The van der Waals surface area contributed by atoms with E-state index in [0.717, 1.165) is 12.2 Å². The molecule has 0 spiro atoms. The van der Waals surface area contributed by atoms with Crippen LogP contribution in [0.2, 0.25) is 0 Å². The molecule has 1 aromatic carbocycles. The average molecular weight is 222 g/mol. The second kappa shape index (κ2) is 4.58. The van der Waals surface area contributed by atoms with Gasteiger partial charge in [0.15, 0.2) is 0 Å². The first-order chi connectivity index (χ1) is 7.20. The van der Waals surface area contributed by atoms with Crippen molar-refractivity contribution in [2.24, 2.45) is 0 Å². The molecule has 82 valence electrons. The quantitative estimate of drug-likeness (QED) is 0.830. The van der Waals surface area contributed by atoms with Crippen LogP contribution in [0.25, 0.3) is 0 Å². The van der Waals surface area contributed by atoms with Crippen molar-refractivity contribution in [1.82, 2.24) is 0 Å². The molecule has 1 nitrogen and oxygen atoms in total. The van der Waals surface area contributed by atoms with E-state index in [1.54, 1.807) is 0 Å². The van der Waals surface area contributed by atoms with Gasteiger partial charge in [0, 0.05) is 11.0 Å². The molecule has 1 fully saturated rings. The fourth-order valence-corrected chi connectivity index (χ4v) is 3.63. The summed E-state index contributed by atoms with van der Waals surface area (Å²) in [4.78, 5) is 0. The van der Waals surface area contributed by atoms with Crippen LogP contribution in [0.5, 0.6) is 0 Å². The van der Waals surface area contributed by atoms with Gasteiger partial charge in [-0.3, -0.25) is 0 Å². The molecule has 2 unspecified atom stereocenters. The molecular weight excluding hydrogens is 204 g/mol. The topological polar surface area (TPSA) is 20.2 Å². The minimum absolute atomic E-state index is 0.325. The van der Waals surface area contributed by atoms with Crippen LogP contribution >= 0.6 is 11.8 Å². The van der Waals surface area contributed by atoms with Gasteiger partial charge in [0.25, 0.3) is 0 Å².